The van der Waals surface area contributed by atoms with Gasteiger partial charge in [0.05, 0.1) is 5.48 Å². The van der Waals surface area contributed by atoms with Crippen molar-refractivity contribution >= 4 is 27.0 Å². The van der Waals surface area contributed by atoms with E-state index < -0.39 is 40.4 Å². The van der Waals surface area contributed by atoms with Crippen LogP contribution in [-0.4, -0.2) is 16.6 Å². The molecule has 0 saturated heterocycles. The Hall–Kier alpha value is -1.31. The first-order valence-corrected chi connectivity index (χ1v) is 12.4. The molecular weight excluding hydrogens is 302 g/mol. The van der Waals surface area contributed by atoms with Gasteiger partial charge in [-0.2, -0.15) is 0 Å². The number of halogens is 2. The molecule has 1 nitrogen and oxygen atoms in total. The van der Waals surface area contributed by atoms with Crippen LogP contribution in [-0.2, 0) is 4.12 Å². The second-order valence-corrected chi connectivity index (χ2v) is 13.9. The van der Waals surface area contributed by atoms with Crippen LogP contribution in [0.4, 0.5) is 8.78 Å². The van der Waals surface area contributed by atoms with Crippen molar-refractivity contribution in [2.75, 3.05) is 0 Å². The fraction of sp³-hybridized carbons (Fsp3) is 0.250. The molecule has 0 fully saturated rings. The van der Waals surface area contributed by atoms with E-state index in [9.17, 15) is 8.78 Å². The van der Waals surface area contributed by atoms with Gasteiger partial charge in [0.15, 0.2) is 0 Å². The first-order chi connectivity index (χ1) is 11.3. The molecule has 0 radical (unpaired) electrons. The number of rotatable bonds is 4. The lowest BCUT2D eigenvalue weighted by Crippen LogP contribution is -2.57. The van der Waals surface area contributed by atoms with E-state index in [0.29, 0.717) is 10.4 Å². The van der Waals surface area contributed by atoms with Gasteiger partial charge in [0.25, 0.3) is 0 Å². The van der Waals surface area contributed by atoms with Crippen LogP contribution in [0, 0.1) is 11.6 Å². The van der Waals surface area contributed by atoms with Crippen LogP contribution in [0.15, 0.2) is 48.4 Å². The van der Waals surface area contributed by atoms with Gasteiger partial charge < -0.3 is 4.12 Å². The van der Waals surface area contributed by atoms with Crippen LogP contribution >= 0.6 is 0 Å². The van der Waals surface area contributed by atoms with E-state index in [1.165, 1.54) is 24.3 Å². The first-order valence-electron chi connectivity index (χ1n) is 8.60. The molecule has 2 rings (SSSR count). The van der Waals surface area contributed by atoms with Crippen molar-refractivity contribution in [1.29, 1.82) is 0 Å². The molecule has 0 bridgehead atoms. The normalized spacial score (nSPS) is 15.1. The van der Waals surface area contributed by atoms with Crippen molar-refractivity contribution in [3.63, 3.8) is 0 Å². The van der Waals surface area contributed by atoms with Gasteiger partial charge in [0.1, 0.15) is 11.6 Å². The Morgan fingerprint density at radius 1 is 0.857 bits per heavy atom. The zero-order valence-electron chi connectivity index (χ0n) is 16.5. The number of hydrogen-bond acceptors (Lipinski definition) is 1. The van der Waals surface area contributed by atoms with Crippen LogP contribution in [0.5, 0.6) is 0 Å². The third kappa shape index (κ3) is 3.87. The predicted octanol–water partition coefficient (Wildman–Crippen LogP) is 3.51. The topological polar surface area (TPSA) is 9.23 Å². The first kappa shape index (κ1) is 11.3. The molecule has 0 N–H and O–H groups in total. The summed E-state index contributed by atoms with van der Waals surface area (Å²) in [4.78, 5) is 0. The molecule has 21 heavy (non-hydrogen) atoms. The highest BCUT2D eigenvalue weighted by molar-refractivity contribution is 6.96. The fourth-order valence-corrected chi connectivity index (χ4v) is 10.1. The van der Waals surface area contributed by atoms with Gasteiger partial charge in [-0.05, 0) is 60.8 Å². The standard InChI is InChI=1S/C16H20F2OSi2/c1-20(2,15-9-5-7-13(17)11-15)19-21(3,4)16-10-6-8-14(18)12-16/h5-12H,1-4H3/i5D,6D,7D,8D. The van der Waals surface area contributed by atoms with E-state index in [-0.39, 0.29) is 12.1 Å². The molecular formula is C16H20F2OSi2. The summed E-state index contributed by atoms with van der Waals surface area (Å²) < 4.78 is 64.4. The van der Waals surface area contributed by atoms with Gasteiger partial charge in [-0.3, -0.25) is 0 Å². The van der Waals surface area contributed by atoms with E-state index in [0.717, 1.165) is 0 Å². The molecule has 0 aliphatic rings. The summed E-state index contributed by atoms with van der Waals surface area (Å²) in [7, 11) is -5.29. The van der Waals surface area contributed by atoms with E-state index in [1.807, 2.05) is 26.2 Å². The quantitative estimate of drug-likeness (QED) is 0.781. The van der Waals surface area contributed by atoms with E-state index >= 15 is 0 Å². The Morgan fingerprint density at radius 3 is 1.57 bits per heavy atom. The van der Waals surface area contributed by atoms with Crippen molar-refractivity contribution in [2.24, 2.45) is 0 Å². The summed E-state index contributed by atoms with van der Waals surface area (Å²) in [6.45, 7) is 7.43. The number of hydrogen-bond donors (Lipinski definition) is 0. The molecule has 0 atom stereocenters. The Bertz CT molecular complexity index is 714. The maximum absolute atomic E-state index is 13.9. The molecule has 5 heteroatoms. The third-order valence-corrected chi connectivity index (χ3v) is 10.7. The largest absolute Gasteiger partial charge is 0.449 e. The molecule has 0 aliphatic carbocycles. The molecule has 0 spiro atoms. The smallest absolute Gasteiger partial charge is 0.206 e. The molecule has 0 amide bonds. The Kier molecular flexibility index (Phi) is 3.13. The van der Waals surface area contributed by atoms with Crippen molar-refractivity contribution in [2.45, 2.75) is 26.2 Å². The van der Waals surface area contributed by atoms with E-state index in [4.69, 9.17) is 9.60 Å². The second kappa shape index (κ2) is 5.83. The lowest BCUT2D eigenvalue weighted by molar-refractivity contribution is 0.570. The molecule has 2 aromatic carbocycles. The number of benzene rings is 2. The highest BCUT2D eigenvalue weighted by atomic mass is 28.4. The van der Waals surface area contributed by atoms with Crippen LogP contribution < -0.4 is 10.4 Å². The molecule has 0 unspecified atom stereocenters. The van der Waals surface area contributed by atoms with Crippen LogP contribution in [0.1, 0.15) is 5.48 Å². The van der Waals surface area contributed by atoms with Crippen LogP contribution in [0.3, 0.4) is 0 Å². The molecule has 0 aliphatic heterocycles. The predicted molar refractivity (Wildman–Crippen MR) is 88.1 cm³/mol. The molecule has 2 aromatic rings. The summed E-state index contributed by atoms with van der Waals surface area (Å²) in [6, 6.07) is 4.08. The SMILES string of the molecule is [2H]c1cc([Si](C)(C)O[Si](C)(C)c2cc([2H])c([2H])c(F)c2)cc(F)c1[2H]. The van der Waals surface area contributed by atoms with E-state index in [1.54, 1.807) is 0 Å². The summed E-state index contributed by atoms with van der Waals surface area (Å²) >= 11 is 0. The van der Waals surface area contributed by atoms with Gasteiger partial charge in [-0.25, -0.2) is 8.78 Å². The fourth-order valence-electron chi connectivity index (χ4n) is 2.25. The van der Waals surface area contributed by atoms with Crippen molar-refractivity contribution in [3.05, 3.63) is 60.1 Å². The Labute approximate surface area is 132 Å². The minimum absolute atomic E-state index is 0.198. The summed E-state index contributed by atoms with van der Waals surface area (Å²) in [5.41, 5.74) is 0. The molecule has 112 valence electrons. The maximum Gasteiger partial charge on any atom is 0.206 e. The summed E-state index contributed by atoms with van der Waals surface area (Å²) in [5.74, 6) is -1.52. The van der Waals surface area contributed by atoms with Gasteiger partial charge in [-0.15, -0.1) is 0 Å². The van der Waals surface area contributed by atoms with E-state index in [2.05, 4.69) is 0 Å². The zero-order valence-corrected chi connectivity index (χ0v) is 14.5. The lowest BCUT2D eigenvalue weighted by atomic mass is 10.3. The minimum atomic E-state index is -2.64. The van der Waals surface area contributed by atoms with Gasteiger partial charge >= 0.3 is 0 Å². The van der Waals surface area contributed by atoms with Crippen LogP contribution in [0.25, 0.3) is 0 Å². The van der Waals surface area contributed by atoms with Gasteiger partial charge in [-0.1, -0.05) is 24.2 Å². The summed E-state index contributed by atoms with van der Waals surface area (Å²) in [6.07, 6.45) is 0. The summed E-state index contributed by atoms with van der Waals surface area (Å²) in [5, 5.41) is 1.10. The highest BCUT2D eigenvalue weighted by Gasteiger charge is 2.36. The molecule has 0 saturated carbocycles. The average Bonchev–Trinajstić information content (AvgIpc) is 2.48. The average molecular weight is 327 g/mol. The molecule has 0 aromatic heterocycles. The molecule has 0 heterocycles. The van der Waals surface area contributed by atoms with Crippen molar-refractivity contribution in [3.8, 4) is 0 Å². The minimum Gasteiger partial charge on any atom is -0.449 e. The highest BCUT2D eigenvalue weighted by Crippen LogP contribution is 2.16. The zero-order chi connectivity index (χ0) is 19.2. The van der Waals surface area contributed by atoms with Gasteiger partial charge in [0, 0.05) is 0 Å². The van der Waals surface area contributed by atoms with Gasteiger partial charge in [0.2, 0.25) is 16.6 Å². The third-order valence-electron chi connectivity index (χ3n) is 3.30. The van der Waals surface area contributed by atoms with Crippen LogP contribution in [0.2, 0.25) is 26.2 Å². The lowest BCUT2D eigenvalue weighted by Gasteiger charge is -2.34. The monoisotopic (exact) mass is 326 g/mol. The second-order valence-electron chi connectivity index (χ2n) is 5.85. The Morgan fingerprint density at radius 2 is 1.24 bits per heavy atom. The Balaban J connectivity index is 2.42. The van der Waals surface area contributed by atoms with Crippen molar-refractivity contribution in [1.82, 2.24) is 0 Å². The van der Waals surface area contributed by atoms with Crippen molar-refractivity contribution < 1.29 is 18.4 Å². The maximum atomic E-state index is 13.9.